The first-order valence-corrected chi connectivity index (χ1v) is 6.18. The number of aromatic nitrogens is 2. The molecule has 0 aliphatic carbocycles. The molecule has 0 radical (unpaired) electrons. The Morgan fingerprint density at radius 1 is 1.42 bits per heavy atom. The zero-order valence-corrected chi connectivity index (χ0v) is 11.6. The van der Waals surface area contributed by atoms with E-state index in [0.717, 1.165) is 0 Å². The van der Waals surface area contributed by atoms with Crippen molar-refractivity contribution >= 4 is 27.8 Å². The third-order valence-corrected chi connectivity index (χ3v) is 2.84. The lowest BCUT2D eigenvalue weighted by atomic mass is 10.2. The van der Waals surface area contributed by atoms with Crippen LogP contribution in [0.2, 0.25) is 0 Å². The summed E-state index contributed by atoms with van der Waals surface area (Å²) in [6.45, 7) is 0. The van der Waals surface area contributed by atoms with Crippen molar-refractivity contribution in [2.75, 3.05) is 12.4 Å². The van der Waals surface area contributed by atoms with Gasteiger partial charge in [0.05, 0.1) is 16.2 Å². The molecule has 3 N–H and O–H groups in total. The Hall–Kier alpha value is -2.15. The number of hydrogen-bond donors (Lipinski definition) is 2. The summed E-state index contributed by atoms with van der Waals surface area (Å²) in [5, 5.41) is 2.80. The van der Waals surface area contributed by atoms with Crippen molar-refractivity contribution in [2.45, 2.75) is 0 Å². The number of carbonyl (C=O) groups excluding carboxylic acids is 1. The maximum absolute atomic E-state index is 11.3. The van der Waals surface area contributed by atoms with Gasteiger partial charge in [-0.25, -0.2) is 4.98 Å². The zero-order chi connectivity index (χ0) is 13.8. The second kappa shape index (κ2) is 5.66. The van der Waals surface area contributed by atoms with Crippen molar-refractivity contribution in [3.8, 4) is 11.6 Å². The van der Waals surface area contributed by atoms with E-state index in [1.165, 1.54) is 0 Å². The Balaban J connectivity index is 2.38. The van der Waals surface area contributed by atoms with Gasteiger partial charge in [-0.2, -0.15) is 4.98 Å². The van der Waals surface area contributed by atoms with Gasteiger partial charge in [0.1, 0.15) is 5.75 Å². The molecular weight excluding hydrogens is 312 g/mol. The molecule has 1 aromatic heterocycles. The Kier molecular flexibility index (Phi) is 3.96. The van der Waals surface area contributed by atoms with E-state index in [1.807, 2.05) is 0 Å². The lowest BCUT2D eigenvalue weighted by Crippen LogP contribution is -2.12. The van der Waals surface area contributed by atoms with Crippen LogP contribution in [0.3, 0.4) is 0 Å². The number of hydrogen-bond acceptors (Lipinski definition) is 5. The van der Waals surface area contributed by atoms with Crippen molar-refractivity contribution in [2.24, 2.45) is 5.73 Å². The minimum Gasteiger partial charge on any atom is -0.437 e. The van der Waals surface area contributed by atoms with Gasteiger partial charge in [0.15, 0.2) is 0 Å². The van der Waals surface area contributed by atoms with Crippen LogP contribution in [0.4, 0.5) is 5.95 Å². The van der Waals surface area contributed by atoms with Crippen molar-refractivity contribution < 1.29 is 9.53 Å². The molecule has 0 fully saturated rings. The highest BCUT2D eigenvalue weighted by Crippen LogP contribution is 2.29. The molecule has 7 heteroatoms. The summed E-state index contributed by atoms with van der Waals surface area (Å²) in [6.07, 6.45) is 1.56. The molecule has 0 aliphatic heterocycles. The molecule has 0 atom stereocenters. The van der Waals surface area contributed by atoms with Crippen LogP contribution in [0.25, 0.3) is 0 Å². The number of amides is 1. The van der Waals surface area contributed by atoms with Crippen LogP contribution in [0.1, 0.15) is 10.4 Å². The van der Waals surface area contributed by atoms with Gasteiger partial charge in [-0.05, 0) is 28.1 Å². The first kappa shape index (κ1) is 13.3. The summed E-state index contributed by atoms with van der Waals surface area (Å²) in [7, 11) is 1.70. The number of rotatable bonds is 4. The molecule has 0 saturated heterocycles. The van der Waals surface area contributed by atoms with E-state index in [0.29, 0.717) is 27.6 Å². The van der Waals surface area contributed by atoms with Gasteiger partial charge in [-0.15, -0.1) is 0 Å². The van der Waals surface area contributed by atoms with Gasteiger partial charge in [0, 0.05) is 7.05 Å². The summed E-state index contributed by atoms with van der Waals surface area (Å²) in [6, 6.07) is 6.69. The standard InChI is InChI=1S/C12H11BrN4O2/c1-15-12-16-6-8(13)11(17-12)19-9-5-3-2-4-7(9)10(14)18/h2-6H,1H3,(H2,14,18)(H,15,16,17). The largest absolute Gasteiger partial charge is 0.437 e. The number of halogens is 1. The number of ether oxygens (including phenoxy) is 1. The normalized spacial score (nSPS) is 10.0. The molecule has 6 nitrogen and oxygen atoms in total. The number of primary amides is 1. The van der Waals surface area contributed by atoms with Crippen LogP contribution in [-0.2, 0) is 0 Å². The number of carbonyl (C=O) groups is 1. The number of nitrogens with two attached hydrogens (primary N) is 1. The Morgan fingerprint density at radius 3 is 2.84 bits per heavy atom. The van der Waals surface area contributed by atoms with Gasteiger partial charge in [0.25, 0.3) is 5.91 Å². The second-order valence-corrected chi connectivity index (χ2v) is 4.41. The molecule has 1 heterocycles. The molecule has 98 valence electrons. The maximum Gasteiger partial charge on any atom is 0.252 e. The van der Waals surface area contributed by atoms with Crippen molar-refractivity contribution in [3.05, 3.63) is 40.5 Å². The first-order valence-electron chi connectivity index (χ1n) is 5.39. The predicted octanol–water partition coefficient (Wildman–Crippen LogP) is 2.17. The van der Waals surface area contributed by atoms with E-state index in [-0.39, 0.29) is 0 Å². The molecule has 19 heavy (non-hydrogen) atoms. The predicted molar refractivity (Wildman–Crippen MR) is 74.3 cm³/mol. The summed E-state index contributed by atoms with van der Waals surface area (Å²) >= 11 is 3.28. The van der Waals surface area contributed by atoms with Gasteiger partial charge >= 0.3 is 0 Å². The topological polar surface area (TPSA) is 90.1 Å². The Labute approximate surface area is 118 Å². The number of para-hydroxylation sites is 1. The summed E-state index contributed by atoms with van der Waals surface area (Å²) < 4.78 is 6.18. The third kappa shape index (κ3) is 3.00. The fraction of sp³-hybridized carbons (Fsp3) is 0.0833. The number of nitrogens with one attached hydrogen (secondary N) is 1. The minimum absolute atomic E-state index is 0.291. The van der Waals surface area contributed by atoms with Gasteiger partial charge in [-0.3, -0.25) is 4.79 Å². The Bertz CT molecular complexity index is 618. The average molecular weight is 323 g/mol. The van der Waals surface area contributed by atoms with E-state index in [2.05, 4.69) is 31.2 Å². The Morgan fingerprint density at radius 2 is 2.16 bits per heavy atom. The number of benzene rings is 1. The van der Waals surface area contributed by atoms with Crippen molar-refractivity contribution in [3.63, 3.8) is 0 Å². The van der Waals surface area contributed by atoms with E-state index < -0.39 is 5.91 Å². The van der Waals surface area contributed by atoms with Gasteiger partial charge < -0.3 is 15.8 Å². The molecule has 1 amide bonds. The van der Waals surface area contributed by atoms with Crippen LogP contribution in [0, 0.1) is 0 Å². The lowest BCUT2D eigenvalue weighted by molar-refractivity contribution is 0.0998. The fourth-order valence-corrected chi connectivity index (χ4v) is 1.68. The van der Waals surface area contributed by atoms with Crippen LogP contribution < -0.4 is 15.8 Å². The number of anilines is 1. The monoisotopic (exact) mass is 322 g/mol. The zero-order valence-electron chi connectivity index (χ0n) is 10.1. The third-order valence-electron chi connectivity index (χ3n) is 2.29. The van der Waals surface area contributed by atoms with E-state index in [9.17, 15) is 4.79 Å². The quantitative estimate of drug-likeness (QED) is 0.900. The molecule has 0 bridgehead atoms. The molecular formula is C12H11BrN4O2. The van der Waals surface area contributed by atoms with Gasteiger partial charge in [0.2, 0.25) is 11.8 Å². The summed E-state index contributed by atoms with van der Waals surface area (Å²) in [5.74, 6) is 0.494. The highest BCUT2D eigenvalue weighted by molar-refractivity contribution is 9.10. The van der Waals surface area contributed by atoms with E-state index >= 15 is 0 Å². The fourth-order valence-electron chi connectivity index (χ4n) is 1.41. The molecule has 0 aliphatic rings. The molecule has 0 unspecified atom stereocenters. The van der Waals surface area contributed by atoms with Crippen LogP contribution in [-0.4, -0.2) is 22.9 Å². The van der Waals surface area contributed by atoms with E-state index in [1.54, 1.807) is 37.5 Å². The first-order chi connectivity index (χ1) is 9.11. The minimum atomic E-state index is -0.561. The van der Waals surface area contributed by atoms with Crippen LogP contribution in [0.5, 0.6) is 11.6 Å². The highest BCUT2D eigenvalue weighted by Gasteiger charge is 2.12. The van der Waals surface area contributed by atoms with E-state index in [4.69, 9.17) is 10.5 Å². The molecule has 0 saturated carbocycles. The van der Waals surface area contributed by atoms with Gasteiger partial charge in [-0.1, -0.05) is 12.1 Å². The van der Waals surface area contributed by atoms with Crippen molar-refractivity contribution in [1.29, 1.82) is 0 Å². The smallest absolute Gasteiger partial charge is 0.252 e. The SMILES string of the molecule is CNc1ncc(Br)c(Oc2ccccc2C(N)=O)n1. The molecule has 2 aromatic rings. The van der Waals surface area contributed by atoms with Crippen molar-refractivity contribution in [1.82, 2.24) is 9.97 Å². The number of nitrogens with zero attached hydrogens (tertiary/aromatic N) is 2. The van der Waals surface area contributed by atoms with Crippen LogP contribution >= 0.6 is 15.9 Å². The average Bonchev–Trinajstić information content (AvgIpc) is 2.41. The second-order valence-electron chi connectivity index (χ2n) is 3.56. The molecule has 1 aromatic carbocycles. The summed E-state index contributed by atoms with van der Waals surface area (Å²) in [4.78, 5) is 19.5. The molecule has 0 spiro atoms. The maximum atomic E-state index is 11.3. The summed E-state index contributed by atoms with van der Waals surface area (Å²) in [5.41, 5.74) is 5.58. The van der Waals surface area contributed by atoms with Crippen LogP contribution in [0.15, 0.2) is 34.9 Å². The lowest BCUT2D eigenvalue weighted by Gasteiger charge is -2.10. The molecule has 2 rings (SSSR count). The highest BCUT2D eigenvalue weighted by atomic mass is 79.9.